The van der Waals surface area contributed by atoms with Crippen molar-refractivity contribution < 1.29 is 0 Å². The fourth-order valence-corrected chi connectivity index (χ4v) is 0.824. The van der Waals surface area contributed by atoms with E-state index in [9.17, 15) is 0 Å². The van der Waals surface area contributed by atoms with Gasteiger partial charge in [0.1, 0.15) is 5.54 Å². The SMILES string of the molecule is CC(C)(C#N)Nc1ccncc1. The van der Waals surface area contributed by atoms with E-state index in [1.807, 2.05) is 26.0 Å². The first-order chi connectivity index (χ1) is 5.64. The van der Waals surface area contributed by atoms with Gasteiger partial charge in [0.25, 0.3) is 0 Å². The van der Waals surface area contributed by atoms with Crippen LogP contribution in [0.25, 0.3) is 0 Å². The van der Waals surface area contributed by atoms with E-state index < -0.39 is 5.54 Å². The van der Waals surface area contributed by atoms with Crippen LogP contribution in [0.15, 0.2) is 24.5 Å². The molecule has 1 heterocycles. The lowest BCUT2D eigenvalue weighted by molar-refractivity contribution is 0.728. The number of nitrogens with zero attached hydrogens (tertiary/aromatic N) is 2. The average Bonchev–Trinajstić information content (AvgIpc) is 2.06. The summed E-state index contributed by atoms with van der Waals surface area (Å²) in [6.45, 7) is 3.65. The van der Waals surface area contributed by atoms with Crippen molar-refractivity contribution in [3.8, 4) is 6.07 Å². The van der Waals surface area contributed by atoms with Crippen LogP contribution in [0.1, 0.15) is 13.8 Å². The fourth-order valence-electron chi connectivity index (χ4n) is 0.824. The maximum Gasteiger partial charge on any atom is 0.119 e. The van der Waals surface area contributed by atoms with Gasteiger partial charge in [-0.3, -0.25) is 4.98 Å². The standard InChI is InChI=1S/C9H11N3/c1-9(2,7-10)12-8-3-5-11-6-4-8/h3-6H,1-2H3,(H,11,12). The number of rotatable bonds is 2. The molecule has 3 nitrogen and oxygen atoms in total. The minimum atomic E-state index is -0.526. The summed E-state index contributed by atoms with van der Waals surface area (Å²) >= 11 is 0. The van der Waals surface area contributed by atoms with Gasteiger partial charge < -0.3 is 5.32 Å². The third-order valence-corrected chi connectivity index (χ3v) is 1.42. The van der Waals surface area contributed by atoms with E-state index in [0.29, 0.717) is 0 Å². The summed E-state index contributed by atoms with van der Waals surface area (Å²) in [5, 5.41) is 11.8. The lowest BCUT2D eigenvalue weighted by Crippen LogP contribution is -2.28. The molecule has 0 unspecified atom stereocenters. The number of nitrogens with one attached hydrogen (secondary N) is 1. The highest BCUT2D eigenvalue weighted by atomic mass is 15.0. The minimum absolute atomic E-state index is 0.526. The predicted octanol–water partition coefficient (Wildman–Crippen LogP) is 1.80. The van der Waals surface area contributed by atoms with E-state index in [2.05, 4.69) is 16.4 Å². The van der Waals surface area contributed by atoms with Crippen LogP contribution in [0.2, 0.25) is 0 Å². The molecular formula is C9H11N3. The lowest BCUT2D eigenvalue weighted by atomic mass is 10.1. The van der Waals surface area contributed by atoms with Crippen molar-refractivity contribution in [2.45, 2.75) is 19.4 Å². The van der Waals surface area contributed by atoms with Gasteiger partial charge in [0.05, 0.1) is 6.07 Å². The number of hydrogen-bond donors (Lipinski definition) is 1. The van der Waals surface area contributed by atoms with E-state index in [1.165, 1.54) is 0 Å². The fraction of sp³-hybridized carbons (Fsp3) is 0.333. The zero-order valence-corrected chi connectivity index (χ0v) is 7.20. The molecule has 3 heteroatoms. The van der Waals surface area contributed by atoms with Gasteiger partial charge >= 0.3 is 0 Å². The smallest absolute Gasteiger partial charge is 0.119 e. The Morgan fingerprint density at radius 3 is 2.50 bits per heavy atom. The molecule has 62 valence electrons. The Balaban J connectivity index is 2.72. The first-order valence-corrected chi connectivity index (χ1v) is 3.73. The molecule has 1 aromatic rings. The minimum Gasteiger partial charge on any atom is -0.368 e. The van der Waals surface area contributed by atoms with Crippen LogP contribution in [-0.2, 0) is 0 Å². The Bertz CT molecular complexity index is 284. The summed E-state index contributed by atoms with van der Waals surface area (Å²) in [6, 6.07) is 5.82. The summed E-state index contributed by atoms with van der Waals surface area (Å²) < 4.78 is 0. The Labute approximate surface area is 72.1 Å². The summed E-state index contributed by atoms with van der Waals surface area (Å²) in [5.74, 6) is 0. The summed E-state index contributed by atoms with van der Waals surface area (Å²) in [7, 11) is 0. The molecular weight excluding hydrogens is 150 g/mol. The first-order valence-electron chi connectivity index (χ1n) is 3.73. The number of nitriles is 1. The molecule has 0 aliphatic rings. The van der Waals surface area contributed by atoms with E-state index >= 15 is 0 Å². The third kappa shape index (κ3) is 2.24. The van der Waals surface area contributed by atoms with Crippen molar-refractivity contribution in [1.82, 2.24) is 4.98 Å². The molecule has 0 atom stereocenters. The first kappa shape index (κ1) is 8.54. The van der Waals surface area contributed by atoms with Crippen LogP contribution in [0.4, 0.5) is 5.69 Å². The van der Waals surface area contributed by atoms with Crippen molar-refractivity contribution in [2.24, 2.45) is 0 Å². The lowest BCUT2D eigenvalue weighted by Gasteiger charge is -2.18. The highest BCUT2D eigenvalue weighted by Crippen LogP contribution is 2.11. The summed E-state index contributed by atoms with van der Waals surface area (Å²) in [6.07, 6.45) is 3.38. The summed E-state index contributed by atoms with van der Waals surface area (Å²) in [4.78, 5) is 3.88. The highest BCUT2D eigenvalue weighted by Gasteiger charge is 2.14. The molecule has 0 amide bonds. The number of hydrogen-bond acceptors (Lipinski definition) is 3. The van der Waals surface area contributed by atoms with E-state index in [-0.39, 0.29) is 0 Å². The van der Waals surface area contributed by atoms with E-state index in [4.69, 9.17) is 5.26 Å². The number of pyridine rings is 1. The third-order valence-electron chi connectivity index (χ3n) is 1.42. The molecule has 0 radical (unpaired) electrons. The van der Waals surface area contributed by atoms with Crippen LogP contribution in [0, 0.1) is 11.3 Å². The molecule has 0 aliphatic heterocycles. The van der Waals surface area contributed by atoms with Crippen LogP contribution in [-0.4, -0.2) is 10.5 Å². The monoisotopic (exact) mass is 161 g/mol. The zero-order chi connectivity index (χ0) is 9.03. The molecule has 1 N–H and O–H groups in total. The van der Waals surface area contributed by atoms with Crippen molar-refractivity contribution in [3.63, 3.8) is 0 Å². The van der Waals surface area contributed by atoms with Crippen LogP contribution in [0.3, 0.4) is 0 Å². The molecule has 0 saturated carbocycles. The van der Waals surface area contributed by atoms with Gasteiger partial charge in [-0.05, 0) is 26.0 Å². The Morgan fingerprint density at radius 1 is 1.42 bits per heavy atom. The average molecular weight is 161 g/mol. The van der Waals surface area contributed by atoms with E-state index in [0.717, 1.165) is 5.69 Å². The topological polar surface area (TPSA) is 48.7 Å². The largest absolute Gasteiger partial charge is 0.368 e. The molecule has 12 heavy (non-hydrogen) atoms. The number of anilines is 1. The zero-order valence-electron chi connectivity index (χ0n) is 7.20. The molecule has 0 fully saturated rings. The molecule has 1 rings (SSSR count). The Hall–Kier alpha value is -1.56. The van der Waals surface area contributed by atoms with Crippen LogP contribution in [0.5, 0.6) is 0 Å². The molecule has 0 aromatic carbocycles. The van der Waals surface area contributed by atoms with Crippen molar-refractivity contribution in [1.29, 1.82) is 5.26 Å². The van der Waals surface area contributed by atoms with Gasteiger partial charge in [0.15, 0.2) is 0 Å². The predicted molar refractivity (Wildman–Crippen MR) is 47.6 cm³/mol. The Kier molecular flexibility index (Phi) is 2.29. The van der Waals surface area contributed by atoms with Crippen molar-refractivity contribution >= 4 is 5.69 Å². The van der Waals surface area contributed by atoms with Crippen LogP contribution >= 0.6 is 0 Å². The quantitative estimate of drug-likeness (QED) is 0.719. The normalized spacial score (nSPS) is 10.4. The van der Waals surface area contributed by atoms with Crippen LogP contribution < -0.4 is 5.32 Å². The number of aromatic nitrogens is 1. The van der Waals surface area contributed by atoms with Gasteiger partial charge in [-0.15, -0.1) is 0 Å². The summed E-state index contributed by atoms with van der Waals surface area (Å²) in [5.41, 5.74) is 0.387. The Morgan fingerprint density at radius 2 is 2.00 bits per heavy atom. The second kappa shape index (κ2) is 3.22. The van der Waals surface area contributed by atoms with Gasteiger partial charge in [-0.1, -0.05) is 0 Å². The maximum absolute atomic E-state index is 8.73. The van der Waals surface area contributed by atoms with Crippen molar-refractivity contribution in [3.05, 3.63) is 24.5 Å². The highest BCUT2D eigenvalue weighted by molar-refractivity contribution is 5.45. The molecule has 0 saturated heterocycles. The van der Waals surface area contributed by atoms with Gasteiger partial charge in [-0.25, -0.2) is 0 Å². The molecule has 1 aromatic heterocycles. The van der Waals surface area contributed by atoms with Crippen molar-refractivity contribution in [2.75, 3.05) is 5.32 Å². The second-order valence-corrected chi connectivity index (χ2v) is 3.10. The van der Waals surface area contributed by atoms with Gasteiger partial charge in [0.2, 0.25) is 0 Å². The second-order valence-electron chi connectivity index (χ2n) is 3.10. The molecule has 0 aliphatic carbocycles. The van der Waals surface area contributed by atoms with Gasteiger partial charge in [0, 0.05) is 18.1 Å². The molecule has 0 spiro atoms. The van der Waals surface area contributed by atoms with Gasteiger partial charge in [-0.2, -0.15) is 5.26 Å². The molecule has 0 bridgehead atoms. The maximum atomic E-state index is 8.73. The van der Waals surface area contributed by atoms with E-state index in [1.54, 1.807) is 12.4 Å².